The molecule has 0 unspecified atom stereocenters. The standard InChI is InChI=1S/C18H14FNO/c19-16-9-5-13(6-10-16)11-20-12-15-8-7-14-3-1-2-4-17(14)18(15)21/h1-10,12,21H,11H2. The van der Waals surface area contributed by atoms with Crippen LogP contribution in [0.25, 0.3) is 10.8 Å². The summed E-state index contributed by atoms with van der Waals surface area (Å²) in [5.41, 5.74) is 1.60. The molecule has 0 aliphatic rings. The number of hydrogen-bond acceptors (Lipinski definition) is 2. The zero-order valence-corrected chi connectivity index (χ0v) is 11.3. The maximum atomic E-state index is 12.8. The molecule has 0 spiro atoms. The van der Waals surface area contributed by atoms with E-state index in [4.69, 9.17) is 0 Å². The molecule has 21 heavy (non-hydrogen) atoms. The van der Waals surface area contributed by atoms with Gasteiger partial charge in [0.05, 0.1) is 6.54 Å². The Kier molecular flexibility index (Phi) is 3.65. The fraction of sp³-hybridized carbons (Fsp3) is 0.0556. The first-order valence-electron chi connectivity index (χ1n) is 6.69. The van der Waals surface area contributed by atoms with E-state index in [1.165, 1.54) is 12.1 Å². The summed E-state index contributed by atoms with van der Waals surface area (Å²) >= 11 is 0. The summed E-state index contributed by atoms with van der Waals surface area (Å²) in [7, 11) is 0. The summed E-state index contributed by atoms with van der Waals surface area (Å²) in [6, 6.07) is 17.7. The van der Waals surface area contributed by atoms with E-state index in [1.807, 2.05) is 36.4 Å². The predicted octanol–water partition coefficient (Wildman–Crippen LogP) is 4.30. The Morgan fingerprint density at radius 3 is 2.52 bits per heavy atom. The minimum absolute atomic E-state index is 0.232. The Morgan fingerprint density at radius 2 is 1.71 bits per heavy atom. The highest BCUT2D eigenvalue weighted by Gasteiger charge is 2.03. The van der Waals surface area contributed by atoms with E-state index in [2.05, 4.69) is 4.99 Å². The molecule has 0 bridgehead atoms. The van der Waals surface area contributed by atoms with E-state index in [0.717, 1.165) is 16.3 Å². The molecule has 0 saturated carbocycles. The van der Waals surface area contributed by atoms with Gasteiger partial charge in [0.15, 0.2) is 0 Å². The van der Waals surface area contributed by atoms with Gasteiger partial charge in [0.2, 0.25) is 0 Å². The first-order valence-corrected chi connectivity index (χ1v) is 6.69. The molecule has 3 rings (SSSR count). The molecule has 0 aliphatic carbocycles. The number of nitrogens with zero attached hydrogens (tertiary/aromatic N) is 1. The smallest absolute Gasteiger partial charge is 0.132 e. The Morgan fingerprint density at radius 1 is 0.952 bits per heavy atom. The summed E-state index contributed by atoms with van der Waals surface area (Å²) in [5.74, 6) is -0.0224. The van der Waals surface area contributed by atoms with Crippen molar-refractivity contribution in [2.75, 3.05) is 0 Å². The largest absolute Gasteiger partial charge is 0.507 e. The topological polar surface area (TPSA) is 32.6 Å². The van der Waals surface area contributed by atoms with E-state index in [0.29, 0.717) is 12.1 Å². The second-order valence-electron chi connectivity index (χ2n) is 4.82. The lowest BCUT2D eigenvalue weighted by Gasteiger charge is -2.04. The molecule has 0 radical (unpaired) electrons. The van der Waals surface area contributed by atoms with Gasteiger partial charge in [0, 0.05) is 17.2 Å². The van der Waals surface area contributed by atoms with Crippen LogP contribution in [0.4, 0.5) is 4.39 Å². The number of halogens is 1. The van der Waals surface area contributed by atoms with E-state index < -0.39 is 0 Å². The summed E-state index contributed by atoms with van der Waals surface area (Å²) < 4.78 is 12.8. The number of rotatable bonds is 3. The zero-order valence-electron chi connectivity index (χ0n) is 11.3. The van der Waals surface area contributed by atoms with Gasteiger partial charge in [-0.05, 0) is 29.1 Å². The van der Waals surface area contributed by atoms with Gasteiger partial charge in [-0.3, -0.25) is 4.99 Å². The number of phenolic OH excluding ortho intramolecular Hbond substituents is 1. The van der Waals surface area contributed by atoms with Crippen LogP contribution in [0.15, 0.2) is 65.7 Å². The van der Waals surface area contributed by atoms with E-state index in [9.17, 15) is 9.50 Å². The summed E-state index contributed by atoms with van der Waals surface area (Å²) in [5, 5.41) is 12.0. The van der Waals surface area contributed by atoms with Crippen LogP contribution >= 0.6 is 0 Å². The van der Waals surface area contributed by atoms with Crippen LogP contribution in [0.3, 0.4) is 0 Å². The Balaban J connectivity index is 1.82. The number of aliphatic imine (C=N–C) groups is 1. The Labute approximate surface area is 122 Å². The number of fused-ring (bicyclic) bond motifs is 1. The molecule has 0 saturated heterocycles. The minimum atomic E-state index is -0.255. The average molecular weight is 279 g/mol. The highest BCUT2D eigenvalue weighted by atomic mass is 19.1. The predicted molar refractivity (Wildman–Crippen MR) is 83.3 cm³/mol. The molecule has 3 heteroatoms. The number of benzene rings is 3. The third kappa shape index (κ3) is 2.92. The maximum absolute atomic E-state index is 12.8. The molecule has 1 N–H and O–H groups in total. The second kappa shape index (κ2) is 5.75. The normalized spacial score (nSPS) is 11.3. The average Bonchev–Trinajstić information content (AvgIpc) is 2.52. The molecular formula is C18H14FNO. The number of aromatic hydroxyl groups is 1. The fourth-order valence-electron chi connectivity index (χ4n) is 2.22. The first kappa shape index (κ1) is 13.3. The molecule has 0 fully saturated rings. The van der Waals surface area contributed by atoms with Gasteiger partial charge in [-0.2, -0.15) is 0 Å². The SMILES string of the molecule is Oc1c(C=NCc2ccc(F)cc2)ccc2ccccc12. The van der Waals surface area contributed by atoms with Crippen LogP contribution in [0.1, 0.15) is 11.1 Å². The quantitative estimate of drug-likeness (QED) is 0.712. The fourth-order valence-corrected chi connectivity index (χ4v) is 2.22. The van der Waals surface area contributed by atoms with Crippen molar-refractivity contribution < 1.29 is 9.50 Å². The molecule has 3 aromatic rings. The van der Waals surface area contributed by atoms with Crippen molar-refractivity contribution in [1.29, 1.82) is 0 Å². The van der Waals surface area contributed by atoms with Crippen molar-refractivity contribution in [3.63, 3.8) is 0 Å². The lowest BCUT2D eigenvalue weighted by atomic mass is 10.1. The van der Waals surface area contributed by atoms with Gasteiger partial charge in [-0.25, -0.2) is 4.39 Å². The lowest BCUT2D eigenvalue weighted by Crippen LogP contribution is -1.87. The highest BCUT2D eigenvalue weighted by molar-refractivity contribution is 5.97. The first-order chi connectivity index (χ1) is 10.2. The van der Waals surface area contributed by atoms with Crippen LogP contribution in [-0.4, -0.2) is 11.3 Å². The van der Waals surface area contributed by atoms with Gasteiger partial charge in [0.1, 0.15) is 11.6 Å². The molecule has 0 amide bonds. The van der Waals surface area contributed by atoms with Crippen molar-refractivity contribution in [2.45, 2.75) is 6.54 Å². The van der Waals surface area contributed by atoms with Gasteiger partial charge in [-0.15, -0.1) is 0 Å². The summed E-state index contributed by atoms with van der Waals surface area (Å²) in [6.45, 7) is 0.451. The summed E-state index contributed by atoms with van der Waals surface area (Å²) in [4.78, 5) is 4.30. The van der Waals surface area contributed by atoms with Gasteiger partial charge >= 0.3 is 0 Å². The summed E-state index contributed by atoms with van der Waals surface area (Å²) in [6.07, 6.45) is 1.64. The van der Waals surface area contributed by atoms with Crippen molar-refractivity contribution in [1.82, 2.24) is 0 Å². The van der Waals surface area contributed by atoms with Gasteiger partial charge < -0.3 is 5.11 Å². The number of hydrogen-bond donors (Lipinski definition) is 1. The highest BCUT2D eigenvalue weighted by Crippen LogP contribution is 2.27. The molecule has 0 atom stereocenters. The minimum Gasteiger partial charge on any atom is -0.507 e. The van der Waals surface area contributed by atoms with Crippen molar-refractivity contribution >= 4 is 17.0 Å². The molecule has 2 nitrogen and oxygen atoms in total. The Bertz CT molecular complexity index is 794. The van der Waals surface area contributed by atoms with Crippen LogP contribution in [0.2, 0.25) is 0 Å². The van der Waals surface area contributed by atoms with Crippen molar-refractivity contribution in [2.24, 2.45) is 4.99 Å². The van der Waals surface area contributed by atoms with Crippen LogP contribution in [0.5, 0.6) is 5.75 Å². The van der Waals surface area contributed by atoms with Crippen LogP contribution in [-0.2, 0) is 6.54 Å². The van der Waals surface area contributed by atoms with E-state index >= 15 is 0 Å². The molecular weight excluding hydrogens is 265 g/mol. The molecule has 0 heterocycles. The van der Waals surface area contributed by atoms with E-state index in [-0.39, 0.29) is 11.6 Å². The van der Waals surface area contributed by atoms with Gasteiger partial charge in [-0.1, -0.05) is 42.5 Å². The van der Waals surface area contributed by atoms with Crippen LogP contribution < -0.4 is 0 Å². The molecule has 3 aromatic carbocycles. The third-order valence-corrected chi connectivity index (χ3v) is 3.35. The Hall–Kier alpha value is -2.68. The van der Waals surface area contributed by atoms with Crippen LogP contribution in [0, 0.1) is 5.82 Å². The zero-order chi connectivity index (χ0) is 14.7. The van der Waals surface area contributed by atoms with Crippen molar-refractivity contribution in [3.05, 3.63) is 77.6 Å². The molecule has 0 aliphatic heterocycles. The number of phenols is 1. The maximum Gasteiger partial charge on any atom is 0.132 e. The molecule has 104 valence electrons. The van der Waals surface area contributed by atoms with Gasteiger partial charge in [0.25, 0.3) is 0 Å². The monoisotopic (exact) mass is 279 g/mol. The second-order valence-corrected chi connectivity index (χ2v) is 4.82. The van der Waals surface area contributed by atoms with E-state index in [1.54, 1.807) is 18.3 Å². The third-order valence-electron chi connectivity index (χ3n) is 3.35. The lowest BCUT2D eigenvalue weighted by molar-refractivity contribution is 0.481. The molecule has 0 aromatic heterocycles. The van der Waals surface area contributed by atoms with Crippen molar-refractivity contribution in [3.8, 4) is 5.75 Å².